The van der Waals surface area contributed by atoms with Gasteiger partial charge in [0.1, 0.15) is 36.2 Å². The van der Waals surface area contributed by atoms with Crippen LogP contribution in [0.4, 0.5) is 33.7 Å². The molecule has 2 aliphatic carbocycles. The van der Waals surface area contributed by atoms with Gasteiger partial charge in [-0.05, 0) is 72.1 Å². The lowest BCUT2D eigenvalue weighted by Gasteiger charge is -2.36. The summed E-state index contributed by atoms with van der Waals surface area (Å²) in [5, 5.41) is 7.44. The van der Waals surface area contributed by atoms with Gasteiger partial charge >= 0.3 is 12.3 Å². The van der Waals surface area contributed by atoms with Crippen LogP contribution in [0.25, 0.3) is 0 Å². The van der Waals surface area contributed by atoms with Gasteiger partial charge in [-0.2, -0.15) is 13.2 Å². The van der Waals surface area contributed by atoms with Gasteiger partial charge in [-0.25, -0.2) is 17.6 Å². The van der Waals surface area contributed by atoms with Crippen LogP contribution in [0.3, 0.4) is 0 Å². The number of alkyl halides is 3. The second kappa shape index (κ2) is 17.2. The number of sulfonamides is 1. The summed E-state index contributed by atoms with van der Waals surface area (Å²) in [6.07, 6.45) is -5.67. The van der Waals surface area contributed by atoms with Crippen molar-refractivity contribution in [1.82, 2.24) is 19.8 Å². The molecule has 5 atom stereocenters. The van der Waals surface area contributed by atoms with Crippen LogP contribution >= 0.6 is 0 Å². The van der Waals surface area contributed by atoms with E-state index in [4.69, 9.17) is 9.47 Å². The topological polar surface area (TPSA) is 193 Å². The second-order valence-electron chi connectivity index (χ2n) is 16.7. The molecule has 4 aliphatic rings. The van der Waals surface area contributed by atoms with E-state index < -0.39 is 91.7 Å². The number of hydrogen-bond donors (Lipinski definition) is 4. The van der Waals surface area contributed by atoms with E-state index in [0.29, 0.717) is 37.1 Å². The van der Waals surface area contributed by atoms with Crippen LogP contribution in [0, 0.1) is 17.2 Å². The molecule has 20 heteroatoms. The second-order valence-corrected chi connectivity index (χ2v) is 18.6. The van der Waals surface area contributed by atoms with Crippen molar-refractivity contribution in [3.8, 4) is 0 Å². The molecule has 0 aromatic heterocycles. The number of likely N-dealkylation sites (tertiary alicyclic amines) is 1. The summed E-state index contributed by atoms with van der Waals surface area (Å²) in [7, 11) is -2.59. The van der Waals surface area contributed by atoms with Crippen LogP contribution in [0.5, 0.6) is 0 Å². The highest BCUT2D eigenvalue weighted by Gasteiger charge is 2.62. The van der Waals surface area contributed by atoms with E-state index in [1.807, 2.05) is 0 Å². The molecular formula is C40H52F4N6O9S. The van der Waals surface area contributed by atoms with Gasteiger partial charge in [0.15, 0.2) is 0 Å². The number of halogens is 4. The number of anilines is 2. The summed E-state index contributed by atoms with van der Waals surface area (Å²) in [5.41, 5.74) is -2.26. The molecule has 2 saturated carbocycles. The highest BCUT2D eigenvalue weighted by atomic mass is 32.2. The number of methoxy groups -OCH3 is 1. The van der Waals surface area contributed by atoms with E-state index in [2.05, 4.69) is 20.7 Å². The number of carbonyl (C=O) groups excluding carboxylic acids is 5. The normalized spacial score (nSPS) is 22.9. The van der Waals surface area contributed by atoms with Crippen molar-refractivity contribution in [2.24, 2.45) is 11.3 Å². The van der Waals surface area contributed by atoms with E-state index >= 15 is 0 Å². The number of rotatable bonds is 13. The zero-order valence-corrected chi connectivity index (χ0v) is 34.0. The number of nitrogens with one attached hydrogen (secondary N) is 4. The van der Waals surface area contributed by atoms with Crippen molar-refractivity contribution < 1.29 is 59.4 Å². The first-order valence-electron chi connectivity index (χ1n) is 19.2. The smallest absolute Gasteiger partial charge is 0.416 e. The first-order valence-corrected chi connectivity index (χ1v) is 20.8. The third kappa shape index (κ3) is 10.1. The zero-order valence-electron chi connectivity index (χ0n) is 33.2. The van der Waals surface area contributed by atoms with Crippen molar-refractivity contribution in [3.05, 3.63) is 58.9 Å². The SMILES string of the molecule is C.CC[C@@H]1C[C@]1(NC(=O)[C@@H]1C[C@@H](OC(=O)N2Cc3ccc(NC(=O)COC)cc3C2)CN1C(=O)[C@@H](Nc1cc(F)cc(C(F)(F)F)c1)C(C)(C)C)C(=O)NS(=O)(=O)C1CC1. The molecule has 2 heterocycles. The summed E-state index contributed by atoms with van der Waals surface area (Å²) >= 11 is 0. The van der Waals surface area contributed by atoms with Gasteiger partial charge in [0.05, 0.1) is 17.4 Å². The summed E-state index contributed by atoms with van der Waals surface area (Å²) < 4.78 is 93.6. The van der Waals surface area contributed by atoms with E-state index in [1.165, 1.54) is 12.0 Å². The molecule has 2 aromatic carbocycles. The van der Waals surface area contributed by atoms with Gasteiger partial charge in [0, 0.05) is 38.0 Å². The lowest BCUT2D eigenvalue weighted by atomic mass is 9.85. The monoisotopic (exact) mass is 868 g/mol. The highest BCUT2D eigenvalue weighted by Crippen LogP contribution is 2.47. The average molecular weight is 869 g/mol. The molecule has 0 spiro atoms. The molecule has 5 amide bonds. The Kier molecular flexibility index (Phi) is 13.2. The van der Waals surface area contributed by atoms with Crippen LogP contribution in [-0.4, -0.2) is 97.2 Å². The number of fused-ring (bicyclic) bond motifs is 1. The summed E-state index contributed by atoms with van der Waals surface area (Å²) in [5.74, 6) is -4.52. The van der Waals surface area contributed by atoms with Crippen molar-refractivity contribution in [2.45, 2.75) is 115 Å². The molecule has 2 aliphatic heterocycles. The van der Waals surface area contributed by atoms with E-state index in [0.717, 1.165) is 22.1 Å². The van der Waals surface area contributed by atoms with E-state index in [1.54, 1.807) is 45.9 Å². The molecule has 60 heavy (non-hydrogen) atoms. The number of amides is 5. The third-order valence-corrected chi connectivity index (χ3v) is 12.9. The molecule has 330 valence electrons. The summed E-state index contributed by atoms with van der Waals surface area (Å²) in [6, 6.07) is 4.19. The molecule has 0 radical (unpaired) electrons. The molecule has 15 nitrogen and oxygen atoms in total. The van der Waals surface area contributed by atoms with Crippen molar-refractivity contribution >= 4 is 51.1 Å². The Morgan fingerprint density at radius 3 is 2.27 bits per heavy atom. The molecule has 1 saturated heterocycles. The lowest BCUT2D eigenvalue weighted by Crippen LogP contribution is -2.58. The summed E-state index contributed by atoms with van der Waals surface area (Å²) in [6.45, 7) is 6.40. The van der Waals surface area contributed by atoms with Crippen LogP contribution in [0.1, 0.15) is 83.9 Å². The third-order valence-electron chi connectivity index (χ3n) is 11.1. The van der Waals surface area contributed by atoms with Gasteiger partial charge in [-0.15, -0.1) is 0 Å². The van der Waals surface area contributed by atoms with Crippen LogP contribution in [0.15, 0.2) is 36.4 Å². The lowest BCUT2D eigenvalue weighted by molar-refractivity contribution is -0.141. The van der Waals surface area contributed by atoms with Gasteiger partial charge in [-0.3, -0.25) is 28.8 Å². The van der Waals surface area contributed by atoms with Crippen molar-refractivity contribution in [1.29, 1.82) is 0 Å². The standard InChI is InChI=1S/C39H48F4N6O9S.CH4/c1-6-23-16-38(23,35(53)47-59(55,56)29-9-10-29)46-33(51)30-15-28(58-36(54)48-17-21-7-8-26(11-22(21)18-48)44-31(50)20-57-5)19-49(30)34(52)32(37(2,3)4)45-27-13-24(39(41,42)43)12-25(40)14-27;/h7-8,11-14,23,28-30,32,45H,6,9-10,15-20H2,1-5H3,(H,44,50)(H,46,51)(H,47,53);1H4/t23-,28-,30+,32-,38-;/m1./s1. The predicted octanol–water partition coefficient (Wildman–Crippen LogP) is 4.91. The quantitative estimate of drug-likeness (QED) is 0.201. The largest absolute Gasteiger partial charge is 0.444 e. The summed E-state index contributed by atoms with van der Waals surface area (Å²) in [4.78, 5) is 70.6. The Morgan fingerprint density at radius 2 is 1.67 bits per heavy atom. The van der Waals surface area contributed by atoms with E-state index in [9.17, 15) is 50.0 Å². The van der Waals surface area contributed by atoms with Crippen molar-refractivity contribution in [2.75, 3.05) is 30.9 Å². The van der Waals surface area contributed by atoms with Crippen LogP contribution in [0.2, 0.25) is 0 Å². The zero-order chi connectivity index (χ0) is 43.2. The van der Waals surface area contributed by atoms with E-state index in [-0.39, 0.29) is 58.1 Å². The molecule has 0 bridgehead atoms. The molecular weight excluding hydrogens is 817 g/mol. The first kappa shape index (κ1) is 46.1. The molecule has 2 aromatic rings. The molecule has 0 unspecified atom stereocenters. The number of hydrogen-bond acceptors (Lipinski definition) is 10. The Labute approximate surface area is 346 Å². The van der Waals surface area contributed by atoms with Gasteiger partial charge in [0.25, 0.3) is 5.91 Å². The minimum absolute atomic E-state index is 0. The number of carbonyl (C=O) groups is 5. The maximum absolute atomic E-state index is 14.6. The number of ether oxygens (including phenoxy) is 2. The van der Waals surface area contributed by atoms with Gasteiger partial charge < -0.3 is 30.3 Å². The Hall–Kier alpha value is -4.98. The molecule has 6 rings (SSSR count). The average Bonchev–Trinajstić information content (AvgIpc) is 4.03. The fraction of sp³-hybridized carbons (Fsp3) is 0.575. The minimum Gasteiger partial charge on any atom is -0.444 e. The fourth-order valence-electron chi connectivity index (χ4n) is 7.63. The number of nitrogens with zero attached hydrogens (tertiary/aromatic N) is 2. The van der Waals surface area contributed by atoms with Crippen molar-refractivity contribution in [3.63, 3.8) is 0 Å². The maximum atomic E-state index is 14.6. The number of benzene rings is 2. The Bertz CT molecular complexity index is 2130. The van der Waals surface area contributed by atoms with Crippen LogP contribution in [-0.2, 0) is 57.9 Å². The highest BCUT2D eigenvalue weighted by molar-refractivity contribution is 7.91. The van der Waals surface area contributed by atoms with Gasteiger partial charge in [-0.1, -0.05) is 47.6 Å². The predicted molar refractivity (Wildman–Crippen MR) is 211 cm³/mol. The van der Waals surface area contributed by atoms with Gasteiger partial charge in [0.2, 0.25) is 27.7 Å². The Balaban J connectivity index is 0.00000683. The van der Waals surface area contributed by atoms with Crippen LogP contribution < -0.4 is 20.7 Å². The minimum atomic E-state index is -4.90. The maximum Gasteiger partial charge on any atom is 0.416 e. The molecule has 3 fully saturated rings. The first-order chi connectivity index (χ1) is 27.5. The Morgan fingerprint density at radius 1 is 0.983 bits per heavy atom. The molecule has 4 N–H and O–H groups in total. The fourth-order valence-corrected chi connectivity index (χ4v) is 9.00.